The van der Waals surface area contributed by atoms with E-state index in [4.69, 9.17) is 0 Å². The van der Waals surface area contributed by atoms with E-state index in [0.29, 0.717) is 22.9 Å². The normalized spacial score (nSPS) is 10.2. The van der Waals surface area contributed by atoms with Crippen LogP contribution in [0.15, 0.2) is 72.8 Å². The summed E-state index contributed by atoms with van der Waals surface area (Å²) in [6.07, 6.45) is 0. The van der Waals surface area contributed by atoms with Crippen LogP contribution >= 0.6 is 0 Å². The van der Waals surface area contributed by atoms with Crippen molar-refractivity contribution in [1.82, 2.24) is 9.97 Å². The van der Waals surface area contributed by atoms with Gasteiger partial charge in [-0.25, -0.2) is 9.97 Å². The summed E-state index contributed by atoms with van der Waals surface area (Å²) in [5.74, 6) is 1.17. The van der Waals surface area contributed by atoms with E-state index < -0.39 is 0 Å². The summed E-state index contributed by atoms with van der Waals surface area (Å²) in [4.78, 5) is 20.7. The fourth-order valence-corrected chi connectivity index (χ4v) is 2.45. The molecule has 0 aliphatic rings. The molecule has 0 unspecified atom stereocenters. The maximum atomic E-state index is 11.8. The first-order chi connectivity index (χ1) is 12.5. The predicted molar refractivity (Wildman–Crippen MR) is 105 cm³/mol. The van der Waals surface area contributed by atoms with Crippen LogP contribution in [0.3, 0.4) is 0 Å². The summed E-state index contributed by atoms with van der Waals surface area (Å²) in [5.41, 5.74) is 3.86. The molecule has 1 aromatic heterocycles. The zero-order chi connectivity index (χ0) is 18.5. The van der Waals surface area contributed by atoms with Crippen molar-refractivity contribution in [3.63, 3.8) is 0 Å². The highest BCUT2D eigenvalue weighted by molar-refractivity contribution is 6.03. The summed E-state index contributed by atoms with van der Waals surface area (Å²) < 4.78 is 0. The summed E-state index contributed by atoms with van der Waals surface area (Å²) in [6, 6.07) is 19.3. The van der Waals surface area contributed by atoms with E-state index in [1.54, 1.807) is 6.92 Å². The lowest BCUT2D eigenvalue weighted by atomic mass is 10.1. The molecule has 3 rings (SSSR count). The quantitative estimate of drug-likeness (QED) is 0.658. The number of benzene rings is 2. The van der Waals surface area contributed by atoms with Crippen LogP contribution in [0.2, 0.25) is 0 Å². The fourth-order valence-electron chi connectivity index (χ4n) is 2.45. The van der Waals surface area contributed by atoms with Crippen LogP contribution in [0.25, 0.3) is 11.3 Å². The molecule has 0 spiro atoms. The number of nitrogens with one attached hydrogen (secondary N) is 2. The van der Waals surface area contributed by atoms with Crippen molar-refractivity contribution in [2.75, 3.05) is 10.6 Å². The van der Waals surface area contributed by atoms with Gasteiger partial charge in [-0.15, -0.1) is 0 Å². The van der Waals surface area contributed by atoms with E-state index in [1.807, 2.05) is 67.6 Å². The van der Waals surface area contributed by atoms with E-state index in [9.17, 15) is 4.79 Å². The van der Waals surface area contributed by atoms with E-state index >= 15 is 0 Å². The maximum absolute atomic E-state index is 11.8. The van der Waals surface area contributed by atoms with Gasteiger partial charge in [0.15, 0.2) is 0 Å². The van der Waals surface area contributed by atoms with Gasteiger partial charge < -0.3 is 10.6 Å². The van der Waals surface area contributed by atoms with Crippen molar-refractivity contribution in [2.45, 2.75) is 13.8 Å². The number of hydrogen-bond acceptors (Lipinski definition) is 4. The molecule has 0 saturated heterocycles. The number of amides is 1. The third-order valence-corrected chi connectivity index (χ3v) is 3.69. The fraction of sp³-hybridized carbons (Fsp3) is 0.0952. The van der Waals surface area contributed by atoms with E-state index in [0.717, 1.165) is 16.9 Å². The number of hydrogen-bond donors (Lipinski definition) is 2. The summed E-state index contributed by atoms with van der Waals surface area (Å²) in [6.45, 7) is 7.18. The van der Waals surface area contributed by atoms with Gasteiger partial charge in [-0.05, 0) is 32.0 Å². The molecular weight excluding hydrogens is 324 g/mol. The van der Waals surface area contributed by atoms with Crippen LogP contribution in [0.4, 0.5) is 17.2 Å². The number of aryl methyl sites for hydroxylation is 1. The van der Waals surface area contributed by atoms with Crippen LogP contribution in [-0.4, -0.2) is 15.9 Å². The molecule has 0 aliphatic heterocycles. The highest BCUT2D eigenvalue weighted by Crippen LogP contribution is 2.23. The lowest BCUT2D eigenvalue weighted by Gasteiger charge is -2.11. The molecule has 5 heteroatoms. The topological polar surface area (TPSA) is 66.9 Å². The van der Waals surface area contributed by atoms with Gasteiger partial charge in [-0.2, -0.15) is 0 Å². The minimum absolute atomic E-state index is 0.202. The number of aromatic nitrogens is 2. The molecule has 1 heterocycles. The molecule has 0 aliphatic carbocycles. The SMILES string of the molecule is C=C(C)C(=O)Nc1cccc(Nc2cc(-c3ccccc3)nc(C)n2)c1. The van der Waals surface area contributed by atoms with Crippen molar-refractivity contribution < 1.29 is 4.79 Å². The molecule has 0 atom stereocenters. The Bertz CT molecular complexity index is 951. The Morgan fingerprint density at radius 3 is 2.42 bits per heavy atom. The van der Waals surface area contributed by atoms with Crippen LogP contribution in [0.5, 0.6) is 0 Å². The van der Waals surface area contributed by atoms with Gasteiger partial charge in [0.05, 0.1) is 5.69 Å². The Morgan fingerprint density at radius 1 is 0.962 bits per heavy atom. The molecule has 0 saturated carbocycles. The predicted octanol–water partition coefficient (Wildman–Crippen LogP) is 4.71. The monoisotopic (exact) mass is 344 g/mol. The van der Waals surface area contributed by atoms with Crippen LogP contribution in [0, 0.1) is 6.92 Å². The standard InChI is InChI=1S/C21H20N4O/c1-14(2)21(26)25-18-11-7-10-17(12-18)24-20-13-19(22-15(3)23-20)16-8-5-4-6-9-16/h4-13H,1H2,2-3H3,(H,25,26)(H,22,23,24). The molecule has 0 radical (unpaired) electrons. The second-order valence-electron chi connectivity index (χ2n) is 5.99. The van der Waals surface area contributed by atoms with Gasteiger partial charge >= 0.3 is 0 Å². The Hall–Kier alpha value is -3.47. The van der Waals surface area contributed by atoms with E-state index in [2.05, 4.69) is 27.2 Å². The second-order valence-corrected chi connectivity index (χ2v) is 5.99. The van der Waals surface area contributed by atoms with Crippen molar-refractivity contribution in [3.8, 4) is 11.3 Å². The maximum Gasteiger partial charge on any atom is 0.250 e. The van der Waals surface area contributed by atoms with E-state index in [1.165, 1.54) is 0 Å². The molecule has 0 bridgehead atoms. The first-order valence-electron chi connectivity index (χ1n) is 8.26. The third kappa shape index (κ3) is 4.33. The molecule has 0 fully saturated rings. The van der Waals surface area contributed by atoms with E-state index in [-0.39, 0.29) is 5.91 Å². The molecule has 5 nitrogen and oxygen atoms in total. The number of nitrogens with zero attached hydrogens (tertiary/aromatic N) is 2. The van der Waals surface area contributed by atoms with Gasteiger partial charge in [0.2, 0.25) is 0 Å². The largest absolute Gasteiger partial charge is 0.340 e. The van der Waals surface area contributed by atoms with Gasteiger partial charge in [0, 0.05) is 28.6 Å². The number of anilines is 3. The van der Waals surface area contributed by atoms with Gasteiger partial charge in [-0.3, -0.25) is 4.79 Å². The first kappa shape index (κ1) is 17.4. The smallest absolute Gasteiger partial charge is 0.250 e. The first-order valence-corrected chi connectivity index (χ1v) is 8.26. The third-order valence-electron chi connectivity index (χ3n) is 3.69. The Labute approximate surface area is 152 Å². The van der Waals surface area contributed by atoms with Gasteiger partial charge in [-0.1, -0.05) is 43.0 Å². The molecule has 26 heavy (non-hydrogen) atoms. The highest BCUT2D eigenvalue weighted by Gasteiger charge is 2.06. The van der Waals surface area contributed by atoms with Crippen LogP contribution in [-0.2, 0) is 4.79 Å². The molecule has 2 aromatic carbocycles. The molecule has 130 valence electrons. The van der Waals surface area contributed by atoms with Gasteiger partial charge in [0.25, 0.3) is 5.91 Å². The van der Waals surface area contributed by atoms with Gasteiger partial charge in [0.1, 0.15) is 11.6 Å². The number of carbonyl (C=O) groups is 1. The van der Waals surface area contributed by atoms with Crippen molar-refractivity contribution in [1.29, 1.82) is 0 Å². The number of carbonyl (C=O) groups excluding carboxylic acids is 1. The Kier molecular flexibility index (Phi) is 5.08. The highest BCUT2D eigenvalue weighted by atomic mass is 16.1. The summed E-state index contributed by atoms with van der Waals surface area (Å²) >= 11 is 0. The zero-order valence-corrected chi connectivity index (χ0v) is 14.8. The van der Waals surface area contributed by atoms with Crippen molar-refractivity contribution >= 4 is 23.1 Å². The lowest BCUT2D eigenvalue weighted by Crippen LogP contribution is -2.11. The second kappa shape index (κ2) is 7.61. The lowest BCUT2D eigenvalue weighted by molar-refractivity contribution is -0.112. The zero-order valence-electron chi connectivity index (χ0n) is 14.8. The average Bonchev–Trinajstić information content (AvgIpc) is 2.62. The minimum Gasteiger partial charge on any atom is -0.340 e. The minimum atomic E-state index is -0.202. The average molecular weight is 344 g/mol. The molecule has 2 N–H and O–H groups in total. The van der Waals surface area contributed by atoms with Crippen LogP contribution in [0.1, 0.15) is 12.7 Å². The molecule has 1 amide bonds. The molecule has 3 aromatic rings. The van der Waals surface area contributed by atoms with Crippen molar-refractivity contribution in [2.24, 2.45) is 0 Å². The van der Waals surface area contributed by atoms with Crippen LogP contribution < -0.4 is 10.6 Å². The molecular formula is C21H20N4O. The summed E-state index contributed by atoms with van der Waals surface area (Å²) in [7, 11) is 0. The summed E-state index contributed by atoms with van der Waals surface area (Å²) in [5, 5.41) is 6.08. The van der Waals surface area contributed by atoms with Crippen molar-refractivity contribution in [3.05, 3.63) is 78.6 Å². The Balaban J connectivity index is 1.84. The number of rotatable bonds is 5. The Morgan fingerprint density at radius 2 is 1.69 bits per heavy atom.